The summed E-state index contributed by atoms with van der Waals surface area (Å²) in [6, 6.07) is 7.52. The average Bonchev–Trinajstić information content (AvgIpc) is 2.27. The maximum atomic E-state index is 11.4. The average molecular weight is 257 g/mol. The van der Waals surface area contributed by atoms with E-state index >= 15 is 0 Å². The molecule has 1 atom stereocenters. The van der Waals surface area contributed by atoms with Gasteiger partial charge in [0.25, 0.3) is 0 Å². The van der Waals surface area contributed by atoms with Crippen molar-refractivity contribution in [2.75, 3.05) is 12.4 Å². The van der Waals surface area contributed by atoms with Crippen LogP contribution in [0, 0.1) is 0 Å². The molecule has 3 heteroatoms. The Balaban J connectivity index is 3.09. The minimum Gasteiger partial charge on any atom is -0.465 e. The molecule has 0 N–H and O–H groups in total. The predicted molar refractivity (Wildman–Crippen MR) is 60.0 cm³/mol. The summed E-state index contributed by atoms with van der Waals surface area (Å²) >= 11 is 3.40. The first-order valence-electron chi connectivity index (χ1n) is 4.44. The molecular weight excluding hydrogens is 244 g/mol. The minimum atomic E-state index is -0.270. The van der Waals surface area contributed by atoms with Crippen LogP contribution in [-0.2, 0) is 4.74 Å². The first-order chi connectivity index (χ1) is 6.70. The molecule has 1 aromatic carbocycles. The van der Waals surface area contributed by atoms with Crippen LogP contribution in [0.25, 0.3) is 0 Å². The number of carbonyl (C=O) groups is 1. The van der Waals surface area contributed by atoms with Gasteiger partial charge in [0.2, 0.25) is 0 Å². The van der Waals surface area contributed by atoms with Crippen LogP contribution < -0.4 is 0 Å². The molecule has 14 heavy (non-hydrogen) atoms. The Morgan fingerprint density at radius 1 is 1.50 bits per heavy atom. The molecule has 0 amide bonds. The highest BCUT2D eigenvalue weighted by atomic mass is 79.9. The van der Waals surface area contributed by atoms with Crippen LogP contribution in [-0.4, -0.2) is 18.4 Å². The maximum Gasteiger partial charge on any atom is 0.338 e. The van der Waals surface area contributed by atoms with E-state index in [2.05, 4.69) is 22.9 Å². The maximum absolute atomic E-state index is 11.4. The second kappa shape index (κ2) is 5.15. The highest BCUT2D eigenvalue weighted by Gasteiger charge is 2.14. The molecule has 1 unspecified atom stereocenters. The van der Waals surface area contributed by atoms with E-state index in [4.69, 9.17) is 4.74 Å². The fourth-order valence-electron chi connectivity index (χ4n) is 1.31. The lowest BCUT2D eigenvalue weighted by molar-refractivity contribution is 0.0599. The third kappa shape index (κ3) is 2.35. The lowest BCUT2D eigenvalue weighted by Gasteiger charge is -2.12. The second-order valence-corrected chi connectivity index (χ2v) is 3.78. The molecule has 1 rings (SSSR count). The normalized spacial score (nSPS) is 12.2. The highest BCUT2D eigenvalue weighted by Crippen LogP contribution is 2.21. The van der Waals surface area contributed by atoms with E-state index < -0.39 is 0 Å². The summed E-state index contributed by atoms with van der Waals surface area (Å²) in [5, 5.41) is 0.834. The van der Waals surface area contributed by atoms with Gasteiger partial charge in [-0.25, -0.2) is 4.79 Å². The minimum absolute atomic E-state index is 0.270. The molecule has 0 aliphatic rings. The van der Waals surface area contributed by atoms with Crippen LogP contribution >= 0.6 is 15.9 Å². The molecule has 1 aromatic rings. The summed E-state index contributed by atoms with van der Waals surface area (Å²) in [6.07, 6.45) is 0. The quantitative estimate of drug-likeness (QED) is 0.614. The molecule has 0 saturated heterocycles. The van der Waals surface area contributed by atoms with E-state index in [0.717, 1.165) is 10.9 Å². The number of hydrogen-bond acceptors (Lipinski definition) is 2. The number of hydrogen-bond donors (Lipinski definition) is 0. The Hall–Kier alpha value is -0.830. The molecule has 76 valence electrons. The largest absolute Gasteiger partial charge is 0.465 e. The van der Waals surface area contributed by atoms with Gasteiger partial charge in [0.1, 0.15) is 0 Å². The van der Waals surface area contributed by atoms with Crippen molar-refractivity contribution in [2.45, 2.75) is 12.8 Å². The lowest BCUT2D eigenvalue weighted by Crippen LogP contribution is -2.08. The van der Waals surface area contributed by atoms with Crippen LogP contribution in [0.1, 0.15) is 28.8 Å². The Morgan fingerprint density at radius 3 is 2.71 bits per heavy atom. The molecule has 0 bridgehead atoms. The molecule has 2 nitrogen and oxygen atoms in total. The summed E-state index contributed by atoms with van der Waals surface area (Å²) in [5.41, 5.74) is 1.68. The van der Waals surface area contributed by atoms with Gasteiger partial charge < -0.3 is 4.74 Å². The van der Waals surface area contributed by atoms with Crippen LogP contribution in [0.5, 0.6) is 0 Å². The number of rotatable bonds is 3. The number of methoxy groups -OCH3 is 1. The van der Waals surface area contributed by atoms with Gasteiger partial charge in [-0.2, -0.15) is 0 Å². The number of halogens is 1. The number of carbonyl (C=O) groups excluding carboxylic acids is 1. The molecule has 0 spiro atoms. The summed E-state index contributed by atoms with van der Waals surface area (Å²) in [7, 11) is 1.40. The van der Waals surface area contributed by atoms with Crippen LogP contribution in [0.15, 0.2) is 24.3 Å². The molecule has 0 fully saturated rings. The fraction of sp³-hybridized carbons (Fsp3) is 0.364. The molecule has 0 heterocycles. The van der Waals surface area contributed by atoms with Gasteiger partial charge in [-0.05, 0) is 17.5 Å². The number of alkyl halides is 1. The van der Waals surface area contributed by atoms with Crippen molar-refractivity contribution in [3.8, 4) is 0 Å². The fourth-order valence-corrected chi connectivity index (χ4v) is 1.65. The molecule has 0 aliphatic carbocycles. The zero-order valence-electron chi connectivity index (χ0n) is 8.29. The Labute approximate surface area is 92.4 Å². The molecule has 0 radical (unpaired) electrons. The molecule has 0 saturated carbocycles. The van der Waals surface area contributed by atoms with E-state index in [0.29, 0.717) is 11.5 Å². The zero-order valence-corrected chi connectivity index (χ0v) is 9.87. The molecular formula is C11H13BrO2. The van der Waals surface area contributed by atoms with Gasteiger partial charge in [0, 0.05) is 5.33 Å². The van der Waals surface area contributed by atoms with Crippen LogP contribution in [0.2, 0.25) is 0 Å². The van der Waals surface area contributed by atoms with Crippen molar-refractivity contribution in [3.05, 3.63) is 35.4 Å². The van der Waals surface area contributed by atoms with Crippen LogP contribution in [0.4, 0.5) is 0 Å². The van der Waals surface area contributed by atoms with Crippen LogP contribution in [0.3, 0.4) is 0 Å². The zero-order chi connectivity index (χ0) is 10.6. The lowest BCUT2D eigenvalue weighted by atomic mass is 9.97. The SMILES string of the molecule is COC(=O)c1ccccc1C(C)CBr. The van der Waals surface area contributed by atoms with Crippen molar-refractivity contribution < 1.29 is 9.53 Å². The monoisotopic (exact) mass is 256 g/mol. The first-order valence-corrected chi connectivity index (χ1v) is 5.56. The third-order valence-corrected chi connectivity index (χ3v) is 3.10. The number of benzene rings is 1. The summed E-state index contributed by atoms with van der Waals surface area (Å²) in [6.45, 7) is 2.07. The van der Waals surface area contributed by atoms with Crippen molar-refractivity contribution in [1.29, 1.82) is 0 Å². The van der Waals surface area contributed by atoms with Crippen molar-refractivity contribution in [2.24, 2.45) is 0 Å². The van der Waals surface area contributed by atoms with E-state index in [9.17, 15) is 4.79 Å². The molecule has 0 aromatic heterocycles. The Kier molecular flexibility index (Phi) is 4.14. The number of esters is 1. The second-order valence-electron chi connectivity index (χ2n) is 3.13. The van der Waals surface area contributed by atoms with Crippen molar-refractivity contribution in [1.82, 2.24) is 0 Å². The van der Waals surface area contributed by atoms with E-state index in [1.54, 1.807) is 6.07 Å². The number of ether oxygens (including phenoxy) is 1. The predicted octanol–water partition coefficient (Wildman–Crippen LogP) is 2.97. The smallest absolute Gasteiger partial charge is 0.338 e. The topological polar surface area (TPSA) is 26.3 Å². The summed E-state index contributed by atoms with van der Waals surface area (Å²) in [4.78, 5) is 11.4. The van der Waals surface area contributed by atoms with E-state index in [1.165, 1.54) is 7.11 Å². The highest BCUT2D eigenvalue weighted by molar-refractivity contribution is 9.09. The van der Waals surface area contributed by atoms with Crippen molar-refractivity contribution in [3.63, 3.8) is 0 Å². The van der Waals surface area contributed by atoms with Gasteiger partial charge >= 0.3 is 5.97 Å². The van der Waals surface area contributed by atoms with Gasteiger partial charge in [-0.3, -0.25) is 0 Å². The Morgan fingerprint density at radius 2 is 2.14 bits per heavy atom. The summed E-state index contributed by atoms with van der Waals surface area (Å²) < 4.78 is 4.72. The Bertz CT molecular complexity index is 323. The van der Waals surface area contributed by atoms with Gasteiger partial charge in [0.15, 0.2) is 0 Å². The van der Waals surface area contributed by atoms with Gasteiger partial charge in [0.05, 0.1) is 12.7 Å². The van der Waals surface area contributed by atoms with E-state index in [-0.39, 0.29) is 5.97 Å². The van der Waals surface area contributed by atoms with Crippen molar-refractivity contribution >= 4 is 21.9 Å². The third-order valence-electron chi connectivity index (χ3n) is 2.13. The first kappa shape index (κ1) is 11.2. The molecule has 0 aliphatic heterocycles. The van der Waals surface area contributed by atoms with E-state index in [1.807, 2.05) is 18.2 Å². The summed E-state index contributed by atoms with van der Waals surface area (Å²) in [5.74, 6) is 0.0405. The van der Waals surface area contributed by atoms with Gasteiger partial charge in [-0.1, -0.05) is 41.1 Å². The van der Waals surface area contributed by atoms with Gasteiger partial charge in [-0.15, -0.1) is 0 Å². The standard InChI is InChI=1S/C11H13BrO2/c1-8(7-12)9-5-3-4-6-10(9)11(13)14-2/h3-6,8H,7H2,1-2H3.